The van der Waals surface area contributed by atoms with Crippen molar-refractivity contribution in [2.45, 2.75) is 36.9 Å². The largest absolute Gasteiger partial charge is 0.504 e. The van der Waals surface area contributed by atoms with E-state index in [1.165, 1.54) is 0 Å². The number of carbonyl (C=O) groups is 2. The molecule has 9 N–H and O–H groups in total. The molecule has 0 radical (unpaired) electrons. The lowest BCUT2D eigenvalue weighted by Crippen LogP contribution is -2.58. The van der Waals surface area contributed by atoms with E-state index >= 15 is 0 Å². The Morgan fingerprint density at radius 3 is 1.48 bits per heavy atom. The van der Waals surface area contributed by atoms with E-state index in [1.807, 2.05) is 0 Å². The van der Waals surface area contributed by atoms with Crippen molar-refractivity contribution >= 4 is 11.9 Å². The Hall–Kier alpha value is -3.94. The lowest BCUT2D eigenvalue weighted by Gasteiger charge is -2.39. The summed E-state index contributed by atoms with van der Waals surface area (Å²) in [4.78, 5) is 24.7. The molecule has 2 aromatic rings. The first kappa shape index (κ1) is 23.7. The van der Waals surface area contributed by atoms with Crippen LogP contribution in [0, 0.1) is 0 Å². The second-order valence-corrected chi connectivity index (χ2v) is 7.32. The van der Waals surface area contributed by atoms with Gasteiger partial charge in [0.25, 0.3) is 0 Å². The number of rotatable bonds is 4. The van der Waals surface area contributed by atoms with Crippen molar-refractivity contribution in [3.05, 3.63) is 35.4 Å². The quantitative estimate of drug-likeness (QED) is 0.197. The van der Waals surface area contributed by atoms with Gasteiger partial charge in [-0.1, -0.05) is 0 Å². The van der Waals surface area contributed by atoms with E-state index in [9.17, 15) is 55.5 Å². The number of hydrogen-bond donors (Lipinski definition) is 9. The minimum atomic E-state index is -1.85. The van der Waals surface area contributed by atoms with Crippen LogP contribution in [0.4, 0.5) is 0 Å². The Labute approximate surface area is 184 Å². The maximum atomic E-state index is 12.4. The van der Waals surface area contributed by atoms with Gasteiger partial charge in [0.15, 0.2) is 40.6 Å². The summed E-state index contributed by atoms with van der Waals surface area (Å²) in [6, 6.07) is 3.05. The normalized spacial score (nSPS) is 24.8. The Morgan fingerprint density at radius 2 is 1.06 bits per heavy atom. The molecular weight excluding hydrogens is 448 g/mol. The maximum absolute atomic E-state index is 12.4. The van der Waals surface area contributed by atoms with E-state index in [1.54, 1.807) is 0 Å². The molecule has 0 unspecified atom stereocenters. The number of benzene rings is 2. The van der Waals surface area contributed by atoms with Gasteiger partial charge in [0.1, 0.15) is 18.3 Å². The molecular formula is C20H20O13. The Morgan fingerprint density at radius 1 is 0.667 bits per heavy atom. The summed E-state index contributed by atoms with van der Waals surface area (Å²) in [5.74, 6) is -7.57. The van der Waals surface area contributed by atoms with Gasteiger partial charge in [-0.2, -0.15) is 0 Å². The summed E-state index contributed by atoms with van der Waals surface area (Å²) in [7, 11) is 0. The van der Waals surface area contributed by atoms with Gasteiger partial charge in [-0.05, 0) is 24.3 Å². The van der Waals surface area contributed by atoms with Crippen molar-refractivity contribution in [3.63, 3.8) is 0 Å². The lowest BCUT2D eigenvalue weighted by molar-refractivity contribution is -0.178. The van der Waals surface area contributed by atoms with Crippen LogP contribution in [0.25, 0.3) is 0 Å². The average molecular weight is 468 g/mol. The Balaban J connectivity index is 1.78. The lowest BCUT2D eigenvalue weighted by atomic mass is 9.87. The smallest absolute Gasteiger partial charge is 0.338 e. The molecule has 1 aliphatic carbocycles. The number of aliphatic hydroxyl groups excluding tert-OH is 3. The molecule has 1 aliphatic rings. The number of aromatic hydroxyl groups is 6. The van der Waals surface area contributed by atoms with Gasteiger partial charge in [0, 0.05) is 6.42 Å². The average Bonchev–Trinajstić information content (AvgIpc) is 2.75. The van der Waals surface area contributed by atoms with Crippen LogP contribution < -0.4 is 0 Å². The third-order valence-corrected chi connectivity index (χ3v) is 5.03. The van der Waals surface area contributed by atoms with Crippen LogP contribution in [0.1, 0.15) is 27.1 Å². The molecule has 1 fully saturated rings. The molecule has 0 saturated heterocycles. The standard InChI is InChI=1S/C20H20O13/c21-8-1-6(2-9(22)14(8)26)19(30)32-13-5-12(25)16(28)18(17(13)29)33-20(31)7-3-10(23)15(27)11(24)4-7/h1-4,12-13,16-18,21-29H,5H2/t12-,13+,16+,17+,18+/m1/s1. The molecule has 0 spiro atoms. The van der Waals surface area contributed by atoms with Crippen molar-refractivity contribution in [2.24, 2.45) is 0 Å². The molecule has 33 heavy (non-hydrogen) atoms. The molecule has 1 saturated carbocycles. The molecule has 3 rings (SSSR count). The molecule has 0 aliphatic heterocycles. The molecule has 178 valence electrons. The van der Waals surface area contributed by atoms with Crippen molar-refractivity contribution in [1.82, 2.24) is 0 Å². The van der Waals surface area contributed by atoms with Gasteiger partial charge in [-0.3, -0.25) is 0 Å². The van der Waals surface area contributed by atoms with E-state index in [2.05, 4.69) is 0 Å². The van der Waals surface area contributed by atoms with Gasteiger partial charge in [-0.25, -0.2) is 9.59 Å². The Kier molecular flexibility index (Phi) is 6.39. The molecule has 2 aromatic carbocycles. The monoisotopic (exact) mass is 468 g/mol. The molecule has 0 heterocycles. The van der Waals surface area contributed by atoms with Crippen LogP contribution in [0.2, 0.25) is 0 Å². The summed E-state index contributed by atoms with van der Waals surface area (Å²) < 4.78 is 10.0. The number of carbonyl (C=O) groups excluding carboxylic acids is 2. The van der Waals surface area contributed by atoms with Crippen LogP contribution in [0.15, 0.2) is 24.3 Å². The van der Waals surface area contributed by atoms with Crippen molar-refractivity contribution in [3.8, 4) is 34.5 Å². The van der Waals surface area contributed by atoms with E-state index < -0.39 is 94.5 Å². The number of hydrogen-bond acceptors (Lipinski definition) is 13. The fourth-order valence-electron chi connectivity index (χ4n) is 3.25. The zero-order valence-electron chi connectivity index (χ0n) is 16.6. The first-order valence-corrected chi connectivity index (χ1v) is 9.36. The summed E-state index contributed by atoms with van der Waals surface area (Å²) in [6.45, 7) is 0. The van der Waals surface area contributed by atoms with Gasteiger partial charge in [-0.15, -0.1) is 0 Å². The van der Waals surface area contributed by atoms with Crippen LogP contribution in [0.5, 0.6) is 34.5 Å². The van der Waals surface area contributed by atoms with Gasteiger partial charge >= 0.3 is 11.9 Å². The first-order chi connectivity index (χ1) is 15.4. The first-order valence-electron chi connectivity index (χ1n) is 9.36. The molecule has 0 aromatic heterocycles. The highest BCUT2D eigenvalue weighted by molar-refractivity contribution is 5.92. The van der Waals surface area contributed by atoms with Crippen LogP contribution in [-0.4, -0.2) is 88.4 Å². The van der Waals surface area contributed by atoms with Crippen LogP contribution >= 0.6 is 0 Å². The third-order valence-electron chi connectivity index (χ3n) is 5.03. The summed E-state index contributed by atoms with van der Waals surface area (Å²) in [5.41, 5.74) is -0.884. The number of phenolic OH excluding ortho intramolecular Hbond substituents is 6. The zero-order chi connectivity index (χ0) is 24.6. The van der Waals surface area contributed by atoms with Crippen molar-refractivity contribution in [1.29, 1.82) is 0 Å². The SMILES string of the molecule is O=C(O[C@H]1[C@@H](O)[C@H](O)C[C@H](OC(=O)c2cc(O)c(O)c(O)c2)[C@@H]1O)c1cc(O)c(O)c(O)c1. The zero-order valence-corrected chi connectivity index (χ0v) is 16.6. The number of aliphatic hydroxyl groups is 3. The van der Waals surface area contributed by atoms with Crippen molar-refractivity contribution < 1.29 is 65.0 Å². The molecule has 13 nitrogen and oxygen atoms in total. The fourth-order valence-corrected chi connectivity index (χ4v) is 3.25. The maximum Gasteiger partial charge on any atom is 0.338 e. The van der Waals surface area contributed by atoms with Gasteiger partial charge in [0.2, 0.25) is 0 Å². The number of esters is 2. The molecule has 0 amide bonds. The van der Waals surface area contributed by atoms with E-state index in [4.69, 9.17) is 9.47 Å². The highest BCUT2D eigenvalue weighted by Gasteiger charge is 2.47. The summed E-state index contributed by atoms with van der Waals surface area (Å²) in [6.07, 6.45) is -9.09. The molecule has 13 heteroatoms. The van der Waals surface area contributed by atoms with E-state index in [0.29, 0.717) is 0 Å². The van der Waals surface area contributed by atoms with Crippen molar-refractivity contribution in [2.75, 3.05) is 0 Å². The van der Waals surface area contributed by atoms with Gasteiger partial charge < -0.3 is 55.4 Å². The summed E-state index contributed by atoms with van der Waals surface area (Å²) >= 11 is 0. The topological polar surface area (TPSA) is 235 Å². The highest BCUT2D eigenvalue weighted by atomic mass is 16.6. The number of ether oxygens (including phenoxy) is 2. The van der Waals surface area contributed by atoms with Crippen LogP contribution in [0.3, 0.4) is 0 Å². The Bertz CT molecular complexity index is 1040. The minimum Gasteiger partial charge on any atom is -0.504 e. The number of phenols is 6. The highest BCUT2D eigenvalue weighted by Crippen LogP contribution is 2.37. The van der Waals surface area contributed by atoms with E-state index in [0.717, 1.165) is 24.3 Å². The second-order valence-electron chi connectivity index (χ2n) is 7.32. The predicted molar refractivity (Wildman–Crippen MR) is 104 cm³/mol. The van der Waals surface area contributed by atoms with Gasteiger partial charge in [0.05, 0.1) is 17.2 Å². The molecule has 5 atom stereocenters. The predicted octanol–water partition coefficient (Wildman–Crippen LogP) is -0.842. The third kappa shape index (κ3) is 4.64. The van der Waals surface area contributed by atoms with Crippen LogP contribution in [-0.2, 0) is 9.47 Å². The fraction of sp³-hybridized carbons (Fsp3) is 0.300. The van der Waals surface area contributed by atoms with E-state index in [-0.39, 0.29) is 0 Å². The molecule has 0 bridgehead atoms. The second kappa shape index (κ2) is 8.90. The summed E-state index contributed by atoms with van der Waals surface area (Å²) in [5, 5.41) is 87.6. The minimum absolute atomic E-state index is 0.417.